The summed E-state index contributed by atoms with van der Waals surface area (Å²) in [4.78, 5) is 32.4. The molecule has 2 fully saturated rings. The minimum atomic E-state index is -1.83. The van der Waals surface area contributed by atoms with Crippen molar-refractivity contribution in [2.24, 2.45) is 23.2 Å². The van der Waals surface area contributed by atoms with Gasteiger partial charge in [-0.3, -0.25) is 9.59 Å². The van der Waals surface area contributed by atoms with Gasteiger partial charge in [-0.25, -0.2) is 0 Å². The molecule has 0 bridgehead atoms. The van der Waals surface area contributed by atoms with Crippen LogP contribution in [0.2, 0.25) is 5.02 Å². The van der Waals surface area contributed by atoms with Crippen LogP contribution in [0.4, 0.5) is 0 Å². The van der Waals surface area contributed by atoms with Crippen LogP contribution in [-0.2, 0) is 47.9 Å². The van der Waals surface area contributed by atoms with Gasteiger partial charge in [-0.15, -0.1) is 0 Å². The lowest BCUT2D eigenvalue weighted by Gasteiger charge is -2.47. The molecule has 0 saturated carbocycles. The summed E-state index contributed by atoms with van der Waals surface area (Å²) in [7, 11) is 5.66. The molecule has 0 aliphatic carbocycles. The van der Waals surface area contributed by atoms with Crippen LogP contribution in [0.25, 0.3) is 22.3 Å². The number of halogens is 2. The number of fused-ring (bicyclic) bond motifs is 1. The largest absolute Gasteiger partial charge is 0.455 e. The fourth-order valence-electron chi connectivity index (χ4n) is 10.6. The maximum atomic E-state index is 14.8. The summed E-state index contributed by atoms with van der Waals surface area (Å²) in [5.74, 6) is -3.48. The van der Waals surface area contributed by atoms with Crippen LogP contribution in [0, 0.1) is 23.2 Å². The molecule has 366 valence electrons. The van der Waals surface area contributed by atoms with Crippen LogP contribution in [0.1, 0.15) is 86.5 Å². The van der Waals surface area contributed by atoms with E-state index >= 15 is 0 Å². The normalized spacial score (nSPS) is 36.0. The molecule has 15 heteroatoms. The highest BCUT2D eigenvalue weighted by molar-refractivity contribution is 14.1. The third kappa shape index (κ3) is 11.3. The maximum Gasteiger partial charge on any atom is 0.312 e. The number of aliphatic hydroxyl groups excluding tert-OH is 2. The van der Waals surface area contributed by atoms with Gasteiger partial charge in [0.1, 0.15) is 11.7 Å². The Morgan fingerprint density at radius 2 is 1.58 bits per heavy atom. The number of aliphatic hydroxyl groups is 4. The van der Waals surface area contributed by atoms with E-state index in [1.165, 1.54) is 13.8 Å². The van der Waals surface area contributed by atoms with Gasteiger partial charge < -0.3 is 53.7 Å². The first-order chi connectivity index (χ1) is 30.7. The van der Waals surface area contributed by atoms with Crippen molar-refractivity contribution in [3.05, 3.63) is 71.0 Å². The van der Waals surface area contributed by atoms with Gasteiger partial charge in [-0.2, -0.15) is 0 Å². The van der Waals surface area contributed by atoms with Gasteiger partial charge in [0.05, 0.1) is 42.3 Å². The van der Waals surface area contributed by atoms with Crippen LogP contribution in [0.5, 0.6) is 0 Å². The zero-order chi connectivity index (χ0) is 48.8. The lowest BCUT2D eigenvalue weighted by atomic mass is 9.78. The lowest BCUT2D eigenvalue weighted by molar-refractivity contribution is -0.301. The monoisotopic (exact) mass is 1050 g/mol. The molecule has 1 unspecified atom stereocenters. The van der Waals surface area contributed by atoms with E-state index in [1.807, 2.05) is 87.3 Å². The molecule has 3 aromatic rings. The smallest absolute Gasteiger partial charge is 0.312 e. The van der Waals surface area contributed by atoms with E-state index in [2.05, 4.69) is 30.5 Å². The summed E-state index contributed by atoms with van der Waals surface area (Å²) < 4.78 is 27.0. The van der Waals surface area contributed by atoms with E-state index in [0.717, 1.165) is 40.1 Å². The van der Waals surface area contributed by atoms with Crippen molar-refractivity contribution in [3.8, 4) is 22.3 Å². The number of nitrogens with zero attached hydrogens (tertiary/aromatic N) is 3. The van der Waals surface area contributed by atoms with Gasteiger partial charge in [-0.05, 0) is 132 Å². The Balaban J connectivity index is 1.38. The van der Waals surface area contributed by atoms with Crippen LogP contribution in [0.15, 0.2) is 54.6 Å². The molecule has 3 aliphatic rings. The van der Waals surface area contributed by atoms with E-state index in [9.17, 15) is 30.0 Å². The van der Waals surface area contributed by atoms with E-state index < -0.39 is 75.8 Å². The fraction of sp³-hybridized carbons (Fsp3) is 0.647. The van der Waals surface area contributed by atoms with Crippen molar-refractivity contribution in [3.63, 3.8) is 0 Å². The van der Waals surface area contributed by atoms with Gasteiger partial charge in [0.25, 0.3) is 0 Å². The van der Waals surface area contributed by atoms with Crippen molar-refractivity contribution in [1.82, 2.24) is 14.4 Å². The number of alkyl halides is 1. The Morgan fingerprint density at radius 3 is 2.20 bits per heavy atom. The number of esters is 2. The predicted molar refractivity (Wildman–Crippen MR) is 264 cm³/mol. The Kier molecular flexibility index (Phi) is 16.6. The highest BCUT2D eigenvalue weighted by atomic mass is 127. The second kappa shape index (κ2) is 20.8. The van der Waals surface area contributed by atoms with E-state index in [-0.39, 0.29) is 36.3 Å². The Bertz CT molecular complexity index is 2150. The van der Waals surface area contributed by atoms with Crippen LogP contribution in [-0.4, -0.2) is 139 Å². The number of rotatable bonds is 8. The second-order valence-corrected chi connectivity index (χ2v) is 22.7. The molecule has 2 aromatic carbocycles. The molecule has 13 nitrogen and oxygen atoms in total. The average molecular weight is 1050 g/mol. The van der Waals surface area contributed by atoms with Crippen molar-refractivity contribution in [2.75, 3.05) is 27.7 Å². The van der Waals surface area contributed by atoms with E-state index in [4.69, 9.17) is 30.5 Å². The van der Waals surface area contributed by atoms with Crippen molar-refractivity contribution >= 4 is 46.1 Å². The summed E-state index contributed by atoms with van der Waals surface area (Å²) in [6.07, 6.45) is -4.87. The van der Waals surface area contributed by atoms with E-state index in [0.29, 0.717) is 24.5 Å². The molecule has 2 saturated heterocycles. The number of carbonyl (C=O) groups excluding carboxylic acids is 2. The molecule has 0 radical (unpaired) electrons. The third-order valence-electron chi connectivity index (χ3n) is 14.3. The van der Waals surface area contributed by atoms with Crippen molar-refractivity contribution in [2.45, 2.75) is 159 Å². The molecule has 66 heavy (non-hydrogen) atoms. The Hall–Kier alpha value is -2.64. The fourth-order valence-corrected chi connectivity index (χ4v) is 11.4. The Morgan fingerprint density at radius 1 is 0.955 bits per heavy atom. The first-order valence-corrected chi connectivity index (χ1v) is 24.9. The van der Waals surface area contributed by atoms with Crippen LogP contribution in [0.3, 0.4) is 0 Å². The topological polar surface area (TPSA) is 163 Å². The summed E-state index contributed by atoms with van der Waals surface area (Å²) in [6.45, 7) is 17.6. The zero-order valence-electron chi connectivity index (χ0n) is 40.7. The standard InChI is InChI=1S/C51H73ClIN3O10/c1-28-24-50(8,61)45(30(3)42(58)31(4)46(60)66-48(53)51(9,62)44(59)32(5)55(12)26-28)65-47-43(37(54(10)11)22-29(2)63-47)64-39(57)23-36-40(34-18-20-35(52)21-19-34)41(33-16-14-13-15-17-33)38-25-49(6,7)27-56(36)38/h13-21,28-32,37,42-45,47-48,58-59,61-62H,22-27H2,1-12H3/t28?,29-,30+,31-,32-,37+,42+,43-,44-,45-,47+,48+,50-,51+/m1/s1. The molecule has 0 amide bonds. The molecule has 4 N–H and O–H groups in total. The summed E-state index contributed by atoms with van der Waals surface area (Å²) >= 11 is 8.21. The minimum absolute atomic E-state index is 0.0501. The number of hydrogen-bond acceptors (Lipinski definition) is 12. The predicted octanol–water partition coefficient (Wildman–Crippen LogP) is 7.12. The highest BCUT2D eigenvalue weighted by Gasteiger charge is 2.51. The number of ether oxygens (including phenoxy) is 4. The van der Waals surface area contributed by atoms with E-state index in [1.54, 1.807) is 43.4 Å². The summed E-state index contributed by atoms with van der Waals surface area (Å²) in [6, 6.07) is 17.0. The molecule has 0 spiro atoms. The van der Waals surface area contributed by atoms with Gasteiger partial charge in [0.15, 0.2) is 16.5 Å². The molecule has 4 heterocycles. The Labute approximate surface area is 410 Å². The van der Waals surface area contributed by atoms with Crippen LogP contribution >= 0.6 is 34.2 Å². The summed E-state index contributed by atoms with van der Waals surface area (Å²) in [5.41, 5.74) is 2.50. The number of hydrogen-bond donors (Lipinski definition) is 4. The molecular formula is C51H73ClIN3O10. The quantitative estimate of drug-likeness (QED) is 0.103. The molecule has 1 aromatic heterocycles. The van der Waals surface area contributed by atoms with Gasteiger partial charge >= 0.3 is 11.9 Å². The number of aromatic nitrogens is 1. The van der Waals surface area contributed by atoms with Gasteiger partial charge in [0, 0.05) is 52.6 Å². The minimum Gasteiger partial charge on any atom is -0.455 e. The maximum absolute atomic E-state index is 14.8. The molecule has 14 atom stereocenters. The first-order valence-electron chi connectivity index (χ1n) is 23.3. The SMILES string of the molecule is CC1CN(C)[C@H](C)[C@@H](O)[C@](C)(O)[C@@H](I)OC(=O)[C@H](C)[C@@H](O)[C@H](C)[C@@H](O[C@@H]2O[C@H](C)C[C@H](N(C)C)[C@H]2OC(=O)Cc2c(-c3ccc(Cl)cc3)c(-c3ccccc3)c3n2CC(C)(C)C3)[C@](C)(O)C1. The lowest BCUT2D eigenvalue weighted by Crippen LogP contribution is -2.60. The van der Waals surface area contributed by atoms with Gasteiger partial charge in [0.2, 0.25) is 0 Å². The number of carbonyl (C=O) groups is 2. The molecular weight excluding hydrogens is 977 g/mol. The third-order valence-corrected chi connectivity index (χ3v) is 16.1. The first kappa shape index (κ1) is 52.7. The van der Waals surface area contributed by atoms with Crippen molar-refractivity contribution < 1.29 is 49.0 Å². The highest BCUT2D eigenvalue weighted by Crippen LogP contribution is 2.47. The number of cyclic esters (lactones) is 1. The van der Waals surface area contributed by atoms with Crippen molar-refractivity contribution in [1.29, 1.82) is 0 Å². The zero-order valence-corrected chi connectivity index (χ0v) is 43.6. The second-order valence-electron chi connectivity index (χ2n) is 21.1. The molecule has 6 rings (SSSR count). The van der Waals surface area contributed by atoms with Gasteiger partial charge in [-0.1, -0.05) is 81.8 Å². The van der Waals surface area contributed by atoms with Crippen LogP contribution < -0.4 is 0 Å². The molecule has 3 aliphatic heterocycles. The number of likely N-dealkylation sites (N-methyl/N-ethyl adjacent to an activating group) is 2. The number of benzene rings is 2. The summed E-state index contributed by atoms with van der Waals surface area (Å²) in [5, 5.41) is 48.0. The average Bonchev–Trinajstić information content (AvgIpc) is 3.71.